The zero-order chi connectivity index (χ0) is 16.9. The van der Waals surface area contributed by atoms with Crippen molar-refractivity contribution in [2.24, 2.45) is 0 Å². The first-order valence-electron chi connectivity index (χ1n) is 7.88. The van der Waals surface area contributed by atoms with Crippen molar-refractivity contribution in [1.82, 2.24) is 4.90 Å². The van der Waals surface area contributed by atoms with Gasteiger partial charge in [0.1, 0.15) is 11.9 Å². The van der Waals surface area contributed by atoms with Gasteiger partial charge in [0.2, 0.25) is 5.91 Å². The fourth-order valence-corrected chi connectivity index (χ4v) is 2.75. The van der Waals surface area contributed by atoms with Gasteiger partial charge in [0.25, 0.3) is 0 Å². The van der Waals surface area contributed by atoms with Crippen LogP contribution in [0, 0.1) is 0 Å². The third-order valence-electron chi connectivity index (χ3n) is 4.11. The molecular formula is C18H19NO5. The van der Waals surface area contributed by atoms with Crippen LogP contribution in [-0.2, 0) is 16.0 Å². The molecule has 0 spiro atoms. The highest BCUT2D eigenvalue weighted by Crippen LogP contribution is 2.23. The third kappa shape index (κ3) is 3.83. The number of aromatic carboxylic acids is 1. The smallest absolute Gasteiger partial charge is 0.335 e. The Hall–Kier alpha value is -2.60. The summed E-state index contributed by atoms with van der Waals surface area (Å²) in [6.45, 7) is 1.56. The number of nitrogens with zero attached hydrogens (tertiary/aromatic N) is 1. The first kappa shape index (κ1) is 16.3. The summed E-state index contributed by atoms with van der Waals surface area (Å²) in [5, 5.41) is 8.89. The van der Waals surface area contributed by atoms with Crippen LogP contribution in [0.25, 0.3) is 0 Å². The maximum absolute atomic E-state index is 12.4. The molecule has 126 valence electrons. The Labute approximate surface area is 139 Å². The number of ether oxygens (including phenoxy) is 1. The Morgan fingerprint density at radius 2 is 2.00 bits per heavy atom. The number of carbonyl (C=O) groups is 2. The Balaban J connectivity index is 1.53. The minimum absolute atomic E-state index is 0.0668. The Morgan fingerprint density at radius 3 is 2.67 bits per heavy atom. The number of carboxylic acid groups (broad SMARTS) is 1. The molecule has 1 N–H and O–H groups in total. The number of furan rings is 1. The van der Waals surface area contributed by atoms with E-state index in [4.69, 9.17) is 14.3 Å². The molecule has 1 atom stereocenters. The van der Waals surface area contributed by atoms with Crippen molar-refractivity contribution in [3.63, 3.8) is 0 Å². The molecule has 2 heterocycles. The quantitative estimate of drug-likeness (QED) is 0.912. The summed E-state index contributed by atoms with van der Waals surface area (Å²) in [5.41, 5.74) is 1.20. The first-order chi connectivity index (χ1) is 11.6. The predicted molar refractivity (Wildman–Crippen MR) is 85.7 cm³/mol. The number of aryl methyl sites for hydroxylation is 1. The second-order valence-corrected chi connectivity index (χ2v) is 5.72. The van der Waals surface area contributed by atoms with E-state index in [0.29, 0.717) is 32.5 Å². The van der Waals surface area contributed by atoms with E-state index in [2.05, 4.69) is 0 Å². The molecule has 0 unspecified atom stereocenters. The highest BCUT2D eigenvalue weighted by atomic mass is 16.5. The van der Waals surface area contributed by atoms with Gasteiger partial charge >= 0.3 is 5.97 Å². The van der Waals surface area contributed by atoms with Crippen LogP contribution < -0.4 is 0 Å². The number of morpholine rings is 1. The molecule has 3 rings (SSSR count). The fraction of sp³-hybridized carbons (Fsp3) is 0.333. The van der Waals surface area contributed by atoms with Gasteiger partial charge in [0.05, 0.1) is 25.0 Å². The largest absolute Gasteiger partial charge is 0.478 e. The van der Waals surface area contributed by atoms with E-state index < -0.39 is 5.97 Å². The van der Waals surface area contributed by atoms with Crippen molar-refractivity contribution >= 4 is 11.9 Å². The zero-order valence-electron chi connectivity index (χ0n) is 13.2. The molecular weight excluding hydrogens is 310 g/mol. The molecule has 1 saturated heterocycles. The van der Waals surface area contributed by atoms with E-state index in [-0.39, 0.29) is 17.6 Å². The lowest BCUT2D eigenvalue weighted by molar-refractivity contribution is -0.139. The van der Waals surface area contributed by atoms with Crippen LogP contribution in [0.4, 0.5) is 0 Å². The van der Waals surface area contributed by atoms with Gasteiger partial charge in [0.15, 0.2) is 0 Å². The summed E-state index contributed by atoms with van der Waals surface area (Å²) in [6.07, 6.45) is 2.35. The molecule has 1 fully saturated rings. The van der Waals surface area contributed by atoms with Gasteiger partial charge in [-0.1, -0.05) is 12.1 Å². The molecule has 0 radical (unpaired) electrons. The summed E-state index contributed by atoms with van der Waals surface area (Å²) in [5.74, 6) is -0.149. The van der Waals surface area contributed by atoms with Crippen molar-refractivity contribution < 1.29 is 23.8 Å². The average molecular weight is 329 g/mol. The van der Waals surface area contributed by atoms with Gasteiger partial charge in [-0.15, -0.1) is 0 Å². The summed E-state index contributed by atoms with van der Waals surface area (Å²) in [4.78, 5) is 25.0. The van der Waals surface area contributed by atoms with E-state index in [9.17, 15) is 9.59 Å². The maximum atomic E-state index is 12.4. The normalized spacial score (nSPS) is 17.7. The number of carbonyl (C=O) groups excluding carboxylic acids is 1. The van der Waals surface area contributed by atoms with E-state index in [0.717, 1.165) is 11.3 Å². The van der Waals surface area contributed by atoms with Crippen LogP contribution in [0.2, 0.25) is 0 Å². The van der Waals surface area contributed by atoms with Gasteiger partial charge in [-0.2, -0.15) is 0 Å². The average Bonchev–Trinajstić information content (AvgIpc) is 3.15. The van der Waals surface area contributed by atoms with Crippen LogP contribution in [0.5, 0.6) is 0 Å². The predicted octanol–water partition coefficient (Wildman–Crippen LogP) is 2.51. The summed E-state index contributed by atoms with van der Waals surface area (Å²) in [7, 11) is 0. The molecule has 2 aromatic rings. The maximum Gasteiger partial charge on any atom is 0.335 e. The zero-order valence-corrected chi connectivity index (χ0v) is 13.2. The number of hydrogen-bond acceptors (Lipinski definition) is 4. The van der Waals surface area contributed by atoms with Gasteiger partial charge in [-0.3, -0.25) is 4.79 Å². The van der Waals surface area contributed by atoms with Crippen LogP contribution >= 0.6 is 0 Å². The molecule has 6 nitrogen and oxygen atoms in total. The molecule has 1 amide bonds. The standard InChI is InChI=1S/C18H19NO5/c20-17(8-5-13-3-6-14(7-4-13)18(21)22)19-9-11-24-16(12-19)15-2-1-10-23-15/h1-4,6-7,10,16H,5,8-9,11-12H2,(H,21,22)/t16-/m1/s1. The number of rotatable bonds is 5. The van der Waals surface area contributed by atoms with Crippen molar-refractivity contribution in [1.29, 1.82) is 0 Å². The van der Waals surface area contributed by atoms with Crippen molar-refractivity contribution in [2.45, 2.75) is 18.9 Å². The van der Waals surface area contributed by atoms with Crippen LogP contribution in [0.15, 0.2) is 47.1 Å². The highest BCUT2D eigenvalue weighted by molar-refractivity contribution is 5.87. The Bertz CT molecular complexity index is 693. The van der Waals surface area contributed by atoms with E-state index in [1.54, 1.807) is 41.5 Å². The van der Waals surface area contributed by atoms with Gasteiger partial charge in [0, 0.05) is 13.0 Å². The van der Waals surface area contributed by atoms with Crippen molar-refractivity contribution in [2.75, 3.05) is 19.7 Å². The fourth-order valence-electron chi connectivity index (χ4n) is 2.75. The van der Waals surface area contributed by atoms with Crippen molar-refractivity contribution in [3.8, 4) is 0 Å². The molecule has 1 aliphatic heterocycles. The number of carboxylic acids is 1. The van der Waals surface area contributed by atoms with Crippen LogP contribution in [0.3, 0.4) is 0 Å². The summed E-state index contributed by atoms with van der Waals surface area (Å²) in [6, 6.07) is 10.3. The molecule has 6 heteroatoms. The molecule has 1 aromatic carbocycles. The first-order valence-corrected chi connectivity index (χ1v) is 7.88. The van der Waals surface area contributed by atoms with Crippen LogP contribution in [-0.4, -0.2) is 41.6 Å². The molecule has 1 aliphatic rings. The minimum Gasteiger partial charge on any atom is -0.478 e. The Morgan fingerprint density at radius 1 is 1.21 bits per heavy atom. The SMILES string of the molecule is O=C(O)c1ccc(CCC(=O)N2CCO[C@@H](c3ccco3)C2)cc1. The summed E-state index contributed by atoms with van der Waals surface area (Å²) < 4.78 is 11.0. The highest BCUT2D eigenvalue weighted by Gasteiger charge is 2.26. The lowest BCUT2D eigenvalue weighted by Gasteiger charge is -2.32. The van der Waals surface area contributed by atoms with Gasteiger partial charge in [-0.25, -0.2) is 4.79 Å². The minimum atomic E-state index is -0.949. The van der Waals surface area contributed by atoms with Gasteiger partial charge in [-0.05, 0) is 36.2 Å². The number of benzene rings is 1. The third-order valence-corrected chi connectivity index (χ3v) is 4.11. The second-order valence-electron chi connectivity index (χ2n) is 5.72. The molecule has 24 heavy (non-hydrogen) atoms. The van der Waals surface area contributed by atoms with E-state index in [1.807, 2.05) is 6.07 Å². The summed E-state index contributed by atoms with van der Waals surface area (Å²) >= 11 is 0. The van der Waals surface area contributed by atoms with E-state index in [1.165, 1.54) is 0 Å². The molecule has 0 saturated carbocycles. The van der Waals surface area contributed by atoms with Crippen LogP contribution in [0.1, 0.15) is 34.2 Å². The number of hydrogen-bond donors (Lipinski definition) is 1. The lowest BCUT2D eigenvalue weighted by Crippen LogP contribution is -2.42. The lowest BCUT2D eigenvalue weighted by atomic mass is 10.1. The monoisotopic (exact) mass is 329 g/mol. The molecule has 0 aliphatic carbocycles. The second kappa shape index (κ2) is 7.31. The Kier molecular flexibility index (Phi) is 4.96. The molecule has 1 aromatic heterocycles. The van der Waals surface area contributed by atoms with Gasteiger partial charge < -0.3 is 19.2 Å². The van der Waals surface area contributed by atoms with Crippen molar-refractivity contribution in [3.05, 3.63) is 59.5 Å². The number of amides is 1. The topological polar surface area (TPSA) is 80.0 Å². The van der Waals surface area contributed by atoms with E-state index >= 15 is 0 Å². The molecule has 0 bridgehead atoms.